The van der Waals surface area contributed by atoms with Gasteiger partial charge in [0.05, 0.1) is 29.7 Å². The Hall–Kier alpha value is -2.97. The molecule has 3 aromatic rings. The number of anilines is 1. The van der Waals surface area contributed by atoms with Gasteiger partial charge in [-0.25, -0.2) is 4.98 Å². The van der Waals surface area contributed by atoms with E-state index < -0.39 is 0 Å². The minimum Gasteiger partial charge on any atom is -0.355 e. The van der Waals surface area contributed by atoms with Crippen molar-refractivity contribution in [3.63, 3.8) is 0 Å². The van der Waals surface area contributed by atoms with Gasteiger partial charge in [0.25, 0.3) is 0 Å². The van der Waals surface area contributed by atoms with E-state index >= 15 is 0 Å². The normalized spacial score (nSPS) is 19.3. The summed E-state index contributed by atoms with van der Waals surface area (Å²) >= 11 is 0. The Balaban J connectivity index is 1.49. The third kappa shape index (κ3) is 5.36. The molecule has 1 aliphatic carbocycles. The second kappa shape index (κ2) is 11.2. The summed E-state index contributed by atoms with van der Waals surface area (Å²) in [7, 11) is 4.36. The van der Waals surface area contributed by atoms with Gasteiger partial charge in [0, 0.05) is 44.8 Å². The van der Waals surface area contributed by atoms with E-state index in [4.69, 9.17) is 9.97 Å². The Kier molecular flexibility index (Phi) is 7.76. The monoisotopic (exact) mass is 503 g/mol. The third-order valence-electron chi connectivity index (χ3n) is 8.22. The topological polar surface area (TPSA) is 69.0 Å². The summed E-state index contributed by atoms with van der Waals surface area (Å²) in [6.07, 6.45) is 6.11. The number of carbonyl (C=O) groups is 1. The van der Waals surface area contributed by atoms with Crippen LogP contribution in [-0.4, -0.2) is 70.4 Å². The molecule has 1 unspecified atom stereocenters. The number of fused-ring (bicyclic) bond motifs is 2. The van der Waals surface area contributed by atoms with Crippen LogP contribution in [0, 0.1) is 5.92 Å². The van der Waals surface area contributed by atoms with Gasteiger partial charge in [-0.2, -0.15) is 0 Å². The maximum Gasteiger partial charge on any atom is 0.223 e. The van der Waals surface area contributed by atoms with E-state index in [1.165, 1.54) is 17.7 Å². The van der Waals surface area contributed by atoms with Crippen LogP contribution in [0.3, 0.4) is 0 Å². The molecule has 8 nitrogen and oxygen atoms in total. The molecule has 1 saturated heterocycles. The number of nitrogens with one attached hydrogen (secondary N) is 1. The number of rotatable bonds is 8. The van der Waals surface area contributed by atoms with Gasteiger partial charge in [0.1, 0.15) is 11.5 Å². The largest absolute Gasteiger partial charge is 0.355 e. The number of imidazole rings is 1. The van der Waals surface area contributed by atoms with E-state index in [-0.39, 0.29) is 17.9 Å². The number of amides is 1. The highest BCUT2D eigenvalue weighted by atomic mass is 16.1. The molecule has 0 bridgehead atoms. The van der Waals surface area contributed by atoms with Crippen molar-refractivity contribution in [1.29, 1.82) is 0 Å². The average molecular weight is 504 g/mol. The van der Waals surface area contributed by atoms with Crippen LogP contribution in [0.15, 0.2) is 36.5 Å². The maximum absolute atomic E-state index is 12.8. The number of hydrogen-bond donors (Lipinski definition) is 1. The minimum atomic E-state index is -0.00720. The van der Waals surface area contributed by atoms with Gasteiger partial charge in [0.2, 0.25) is 5.91 Å². The van der Waals surface area contributed by atoms with E-state index in [0.29, 0.717) is 13.1 Å². The zero-order chi connectivity index (χ0) is 25.9. The Morgan fingerprint density at radius 1 is 1.19 bits per heavy atom. The molecular weight excluding hydrogens is 462 g/mol. The maximum atomic E-state index is 12.8. The number of piperazine rings is 1. The average Bonchev–Trinajstić information content (AvgIpc) is 3.28. The third-order valence-corrected chi connectivity index (χ3v) is 8.22. The number of aromatic nitrogens is 3. The number of aryl methyl sites for hydroxylation is 1. The van der Waals surface area contributed by atoms with E-state index in [1.54, 1.807) is 0 Å². The molecule has 0 aromatic carbocycles. The van der Waals surface area contributed by atoms with Crippen LogP contribution in [0.5, 0.6) is 0 Å². The van der Waals surface area contributed by atoms with Gasteiger partial charge in [-0.3, -0.25) is 19.1 Å². The lowest BCUT2D eigenvalue weighted by atomic mass is 9.91. The van der Waals surface area contributed by atoms with Crippen LogP contribution in [0.25, 0.3) is 5.65 Å². The number of nitrogens with zero attached hydrogens (tertiary/aromatic N) is 6. The fourth-order valence-corrected chi connectivity index (χ4v) is 5.66. The zero-order valence-electron chi connectivity index (χ0n) is 22.8. The van der Waals surface area contributed by atoms with Gasteiger partial charge in [-0.1, -0.05) is 26.0 Å². The summed E-state index contributed by atoms with van der Waals surface area (Å²) in [5.41, 5.74) is 5.60. The van der Waals surface area contributed by atoms with Crippen molar-refractivity contribution in [2.75, 3.05) is 45.2 Å². The number of hydrogen-bond acceptors (Lipinski definition) is 6. The highest BCUT2D eigenvalue weighted by molar-refractivity contribution is 5.78. The van der Waals surface area contributed by atoms with Gasteiger partial charge in [0.15, 0.2) is 0 Å². The lowest BCUT2D eigenvalue weighted by Crippen LogP contribution is -2.45. The molecule has 198 valence electrons. The lowest BCUT2D eigenvalue weighted by Gasteiger charge is -2.34. The summed E-state index contributed by atoms with van der Waals surface area (Å²) in [5.74, 6) is 1.25. The Labute approximate surface area is 220 Å². The van der Waals surface area contributed by atoms with Gasteiger partial charge in [-0.15, -0.1) is 0 Å². The molecule has 5 rings (SSSR count). The number of likely N-dealkylation sites (N-methyl/N-ethyl adjacent to an activating group) is 1. The highest BCUT2D eigenvalue weighted by Crippen LogP contribution is 2.33. The predicted molar refractivity (Wildman–Crippen MR) is 148 cm³/mol. The predicted octanol–water partition coefficient (Wildman–Crippen LogP) is 3.65. The second-order valence-electron chi connectivity index (χ2n) is 10.8. The second-order valence-corrected chi connectivity index (χ2v) is 10.8. The van der Waals surface area contributed by atoms with E-state index in [9.17, 15) is 4.79 Å². The fraction of sp³-hybridized carbons (Fsp3) is 0.552. The first-order chi connectivity index (χ1) is 18.0. The molecule has 0 radical (unpaired) electrons. The summed E-state index contributed by atoms with van der Waals surface area (Å²) in [6.45, 7) is 9.25. The molecule has 3 aromatic heterocycles. The molecular formula is C29H41N7O. The molecule has 1 N–H and O–H groups in total. The first-order valence-electron chi connectivity index (χ1n) is 13.8. The fourth-order valence-electron chi connectivity index (χ4n) is 5.66. The SMILES string of the molecule is CCC(C)C(=O)NCc1c(CN(C)[C@H]2CCCc3cccnc32)nc2cccc(N3CCN(C)CC3)n12. The molecule has 2 aliphatic rings. The summed E-state index contributed by atoms with van der Waals surface area (Å²) in [6, 6.07) is 10.9. The van der Waals surface area contributed by atoms with E-state index in [1.807, 2.05) is 19.2 Å². The first kappa shape index (κ1) is 25.7. The van der Waals surface area contributed by atoms with Gasteiger partial charge in [-0.05, 0) is 63.5 Å². The molecule has 0 spiro atoms. The molecule has 1 fully saturated rings. The molecule has 37 heavy (non-hydrogen) atoms. The lowest BCUT2D eigenvalue weighted by molar-refractivity contribution is -0.124. The smallest absolute Gasteiger partial charge is 0.223 e. The van der Waals surface area contributed by atoms with Crippen LogP contribution in [0.4, 0.5) is 5.82 Å². The van der Waals surface area contributed by atoms with Crippen LogP contribution in [0.1, 0.15) is 61.8 Å². The van der Waals surface area contributed by atoms with Crippen molar-refractivity contribution in [2.45, 2.75) is 58.7 Å². The standard InChI is InChI=1S/C29H41N7O/c1-5-21(2)29(37)31-19-25-23(20-34(4)24-11-6-9-22-10-8-14-30-28(22)24)32-26-12-7-13-27(36(25)26)35-17-15-33(3)16-18-35/h7-8,10,12-14,21,24H,5-6,9,11,15-20H2,1-4H3,(H,31,37)/t21?,24-/m0/s1. The van der Waals surface area contributed by atoms with Crippen LogP contribution in [0.2, 0.25) is 0 Å². The minimum absolute atomic E-state index is 0.00720. The molecule has 0 saturated carbocycles. The van der Waals surface area contributed by atoms with Crippen molar-refractivity contribution < 1.29 is 4.79 Å². The molecule has 4 heterocycles. The number of carbonyl (C=O) groups excluding carboxylic acids is 1. The Morgan fingerprint density at radius 2 is 2.00 bits per heavy atom. The van der Waals surface area contributed by atoms with Gasteiger partial charge < -0.3 is 15.1 Å². The molecule has 8 heteroatoms. The summed E-state index contributed by atoms with van der Waals surface area (Å²) < 4.78 is 2.28. The van der Waals surface area contributed by atoms with Crippen molar-refractivity contribution in [1.82, 2.24) is 29.5 Å². The van der Waals surface area contributed by atoms with Crippen molar-refractivity contribution in [3.8, 4) is 0 Å². The van der Waals surface area contributed by atoms with Crippen molar-refractivity contribution in [2.24, 2.45) is 5.92 Å². The van der Waals surface area contributed by atoms with Crippen molar-refractivity contribution >= 4 is 17.4 Å². The van der Waals surface area contributed by atoms with E-state index in [0.717, 1.165) is 68.3 Å². The van der Waals surface area contributed by atoms with Crippen molar-refractivity contribution in [3.05, 3.63) is 59.2 Å². The highest BCUT2D eigenvalue weighted by Gasteiger charge is 2.27. The van der Waals surface area contributed by atoms with Gasteiger partial charge >= 0.3 is 0 Å². The quantitative estimate of drug-likeness (QED) is 0.506. The summed E-state index contributed by atoms with van der Waals surface area (Å²) in [5, 5.41) is 3.22. The Bertz CT molecular complexity index is 1230. The Morgan fingerprint density at radius 3 is 2.78 bits per heavy atom. The van der Waals surface area contributed by atoms with E-state index in [2.05, 4.69) is 69.7 Å². The molecule has 2 atom stereocenters. The first-order valence-corrected chi connectivity index (χ1v) is 13.8. The molecule has 1 aliphatic heterocycles. The summed E-state index contributed by atoms with van der Waals surface area (Å²) in [4.78, 5) is 29.9. The van der Waals surface area contributed by atoms with Crippen LogP contribution in [-0.2, 0) is 24.3 Å². The van der Waals surface area contributed by atoms with Crippen LogP contribution >= 0.6 is 0 Å². The number of pyridine rings is 2. The molecule has 1 amide bonds. The zero-order valence-corrected chi connectivity index (χ0v) is 22.8. The van der Waals surface area contributed by atoms with Crippen LogP contribution < -0.4 is 10.2 Å².